The third-order valence-electron chi connectivity index (χ3n) is 1.89. The maximum absolute atomic E-state index is 6.04. The lowest BCUT2D eigenvalue weighted by atomic mass is 10.2. The minimum absolute atomic E-state index is 0.850. The van der Waals surface area contributed by atoms with Crippen molar-refractivity contribution in [1.29, 1.82) is 0 Å². The zero-order valence-corrected chi connectivity index (χ0v) is 8.68. The topological polar surface area (TPSA) is 3.24 Å². The lowest BCUT2D eigenvalue weighted by Crippen LogP contribution is -2.04. The summed E-state index contributed by atoms with van der Waals surface area (Å²) < 4.78 is 2.20. The van der Waals surface area contributed by atoms with Crippen molar-refractivity contribution in [1.82, 2.24) is 4.31 Å². The molecule has 0 aliphatic carbocycles. The van der Waals surface area contributed by atoms with Crippen LogP contribution in [0.1, 0.15) is 5.56 Å². The Morgan fingerprint density at radius 1 is 1.38 bits per heavy atom. The third kappa shape index (κ3) is 2.20. The molecule has 0 N–H and O–H groups in total. The van der Waals surface area contributed by atoms with Crippen molar-refractivity contribution in [3.63, 3.8) is 0 Å². The van der Waals surface area contributed by atoms with Gasteiger partial charge in [0.25, 0.3) is 0 Å². The number of hydrogen-bond acceptors (Lipinski definition) is 2. The molecule has 1 heterocycles. The molecule has 0 saturated carbocycles. The first-order valence-corrected chi connectivity index (χ1v) is 5.48. The standard InChI is InChI=1S/C10H10ClNS/c11-10-5-2-1-4-9(10)8-12-6-3-7-13-12/h1-6H,7-8H2. The second kappa shape index (κ2) is 4.07. The van der Waals surface area contributed by atoms with Gasteiger partial charge in [0, 0.05) is 17.0 Å². The van der Waals surface area contributed by atoms with Crippen LogP contribution in [0.2, 0.25) is 5.02 Å². The molecule has 0 aromatic heterocycles. The van der Waals surface area contributed by atoms with E-state index in [9.17, 15) is 0 Å². The predicted octanol–water partition coefficient (Wildman–Crippen LogP) is 3.32. The summed E-state index contributed by atoms with van der Waals surface area (Å²) in [6, 6.07) is 7.97. The van der Waals surface area contributed by atoms with Crippen LogP contribution in [0.4, 0.5) is 0 Å². The second-order valence-electron chi connectivity index (χ2n) is 2.85. The Hall–Kier alpha value is -0.600. The summed E-state index contributed by atoms with van der Waals surface area (Å²) in [5, 5.41) is 0.850. The van der Waals surface area contributed by atoms with Gasteiger partial charge in [-0.2, -0.15) is 0 Å². The molecule has 68 valence electrons. The van der Waals surface area contributed by atoms with Crippen LogP contribution in [0.25, 0.3) is 0 Å². The maximum atomic E-state index is 6.04. The summed E-state index contributed by atoms with van der Waals surface area (Å²) in [6.45, 7) is 0.890. The molecule has 1 aliphatic heterocycles. The molecule has 0 radical (unpaired) electrons. The second-order valence-corrected chi connectivity index (χ2v) is 4.31. The van der Waals surface area contributed by atoms with E-state index in [1.165, 1.54) is 5.56 Å². The molecule has 0 atom stereocenters. The van der Waals surface area contributed by atoms with Gasteiger partial charge < -0.3 is 4.31 Å². The van der Waals surface area contributed by atoms with E-state index in [1.54, 1.807) is 0 Å². The lowest BCUT2D eigenvalue weighted by molar-refractivity contribution is 0.628. The first-order chi connectivity index (χ1) is 6.36. The van der Waals surface area contributed by atoms with Crippen molar-refractivity contribution in [2.24, 2.45) is 0 Å². The minimum Gasteiger partial charge on any atom is -0.319 e. The highest BCUT2D eigenvalue weighted by Crippen LogP contribution is 2.24. The lowest BCUT2D eigenvalue weighted by Gasteiger charge is -2.14. The highest BCUT2D eigenvalue weighted by Gasteiger charge is 2.07. The highest BCUT2D eigenvalue weighted by atomic mass is 35.5. The fraction of sp³-hybridized carbons (Fsp3) is 0.200. The first kappa shape index (κ1) is 8.97. The van der Waals surface area contributed by atoms with Crippen LogP contribution in [0.15, 0.2) is 36.5 Å². The van der Waals surface area contributed by atoms with E-state index < -0.39 is 0 Å². The fourth-order valence-electron chi connectivity index (χ4n) is 1.24. The summed E-state index contributed by atoms with van der Waals surface area (Å²) in [4.78, 5) is 0. The molecule has 2 rings (SSSR count). The van der Waals surface area contributed by atoms with E-state index in [4.69, 9.17) is 11.6 Å². The van der Waals surface area contributed by atoms with E-state index in [1.807, 2.05) is 30.1 Å². The van der Waals surface area contributed by atoms with Gasteiger partial charge in [0.1, 0.15) is 0 Å². The van der Waals surface area contributed by atoms with E-state index >= 15 is 0 Å². The van der Waals surface area contributed by atoms with Crippen molar-refractivity contribution < 1.29 is 0 Å². The van der Waals surface area contributed by atoms with E-state index in [0.717, 1.165) is 17.3 Å². The Morgan fingerprint density at radius 2 is 2.23 bits per heavy atom. The largest absolute Gasteiger partial charge is 0.319 e. The molecule has 1 aromatic rings. The normalized spacial score (nSPS) is 15.3. The quantitative estimate of drug-likeness (QED) is 0.691. The molecular weight excluding hydrogens is 202 g/mol. The van der Waals surface area contributed by atoms with Crippen LogP contribution in [0, 0.1) is 0 Å². The molecule has 0 unspecified atom stereocenters. The third-order valence-corrected chi connectivity index (χ3v) is 3.18. The van der Waals surface area contributed by atoms with Gasteiger partial charge >= 0.3 is 0 Å². The number of benzene rings is 1. The van der Waals surface area contributed by atoms with Crippen molar-refractivity contribution in [2.45, 2.75) is 6.54 Å². The predicted molar refractivity (Wildman–Crippen MR) is 58.6 cm³/mol. The number of rotatable bonds is 2. The molecule has 3 heteroatoms. The van der Waals surface area contributed by atoms with Gasteiger partial charge in [0.2, 0.25) is 0 Å². The summed E-state index contributed by atoms with van der Waals surface area (Å²) in [7, 11) is 0. The fourth-order valence-corrected chi connectivity index (χ4v) is 2.20. The van der Waals surface area contributed by atoms with Gasteiger partial charge in [0.15, 0.2) is 0 Å². The van der Waals surface area contributed by atoms with Gasteiger partial charge in [-0.25, -0.2) is 0 Å². The smallest absolute Gasteiger partial charge is 0.0554 e. The molecule has 0 bridgehead atoms. The van der Waals surface area contributed by atoms with Gasteiger partial charge in [-0.3, -0.25) is 0 Å². The molecule has 1 aromatic carbocycles. The highest BCUT2D eigenvalue weighted by molar-refractivity contribution is 7.97. The van der Waals surface area contributed by atoms with Crippen LogP contribution >= 0.6 is 23.5 Å². The summed E-state index contributed by atoms with van der Waals surface area (Å²) in [5.41, 5.74) is 1.18. The van der Waals surface area contributed by atoms with Gasteiger partial charge in [-0.05, 0) is 23.6 Å². The van der Waals surface area contributed by atoms with Crippen LogP contribution in [-0.4, -0.2) is 10.1 Å². The van der Waals surface area contributed by atoms with Crippen LogP contribution in [-0.2, 0) is 6.54 Å². The molecule has 1 aliphatic rings. The molecular formula is C10H10ClNS. The summed E-state index contributed by atoms with van der Waals surface area (Å²) in [5.74, 6) is 1.07. The van der Waals surface area contributed by atoms with Crippen molar-refractivity contribution in [2.75, 3.05) is 5.75 Å². The van der Waals surface area contributed by atoms with Crippen molar-refractivity contribution in [3.8, 4) is 0 Å². The molecule has 0 amide bonds. The zero-order valence-electron chi connectivity index (χ0n) is 7.11. The number of hydrogen-bond donors (Lipinski definition) is 0. The Kier molecular flexibility index (Phi) is 2.81. The van der Waals surface area contributed by atoms with E-state index in [-0.39, 0.29) is 0 Å². The molecule has 0 fully saturated rings. The van der Waals surface area contributed by atoms with Crippen LogP contribution in [0.3, 0.4) is 0 Å². The zero-order chi connectivity index (χ0) is 9.10. The van der Waals surface area contributed by atoms with Gasteiger partial charge in [-0.1, -0.05) is 35.9 Å². The summed E-state index contributed by atoms with van der Waals surface area (Å²) in [6.07, 6.45) is 4.26. The minimum atomic E-state index is 0.850. The molecule has 0 saturated heterocycles. The Balaban J connectivity index is 2.09. The molecule has 0 spiro atoms. The van der Waals surface area contributed by atoms with Crippen LogP contribution < -0.4 is 0 Å². The Labute approximate surface area is 87.5 Å². The average Bonchev–Trinajstić information content (AvgIpc) is 2.61. The van der Waals surface area contributed by atoms with Gasteiger partial charge in [-0.15, -0.1) is 0 Å². The first-order valence-electron chi connectivity index (χ1n) is 4.16. The molecule has 13 heavy (non-hydrogen) atoms. The van der Waals surface area contributed by atoms with Gasteiger partial charge in [0.05, 0.1) is 6.54 Å². The number of nitrogens with zero attached hydrogens (tertiary/aromatic N) is 1. The summed E-state index contributed by atoms with van der Waals surface area (Å²) >= 11 is 7.85. The van der Waals surface area contributed by atoms with E-state index in [0.29, 0.717) is 0 Å². The maximum Gasteiger partial charge on any atom is 0.0554 e. The monoisotopic (exact) mass is 211 g/mol. The van der Waals surface area contributed by atoms with Crippen LogP contribution in [0.5, 0.6) is 0 Å². The Morgan fingerprint density at radius 3 is 2.92 bits per heavy atom. The SMILES string of the molecule is Clc1ccccc1CN1C=CCS1. The average molecular weight is 212 g/mol. The van der Waals surface area contributed by atoms with Crippen molar-refractivity contribution >= 4 is 23.5 Å². The van der Waals surface area contributed by atoms with E-state index in [2.05, 4.69) is 22.6 Å². The number of halogens is 1. The van der Waals surface area contributed by atoms with Crippen molar-refractivity contribution in [3.05, 3.63) is 47.1 Å². The Bertz CT molecular complexity index is 324. The molecule has 1 nitrogen and oxygen atoms in total.